The molecule has 0 radical (unpaired) electrons. The van der Waals surface area contributed by atoms with Gasteiger partial charge >= 0.3 is 0 Å². The monoisotopic (exact) mass is 187 g/mol. The van der Waals surface area contributed by atoms with Crippen molar-refractivity contribution in [1.82, 2.24) is 4.98 Å². The first-order valence-corrected chi connectivity index (χ1v) is 3.96. The van der Waals surface area contributed by atoms with Gasteiger partial charge in [0.25, 0.3) is 0 Å². The Labute approximate surface area is 79.6 Å². The number of hydrogen-bond acceptors (Lipinski definition) is 3. The van der Waals surface area contributed by atoms with Crippen molar-refractivity contribution < 1.29 is 4.39 Å². The van der Waals surface area contributed by atoms with Crippen LogP contribution in [0.4, 0.5) is 10.1 Å². The van der Waals surface area contributed by atoms with Gasteiger partial charge in [0.1, 0.15) is 17.6 Å². The summed E-state index contributed by atoms with van der Waals surface area (Å²) in [5.41, 5.74) is 6.78. The van der Waals surface area contributed by atoms with E-state index >= 15 is 0 Å². The van der Waals surface area contributed by atoms with Crippen LogP contribution in [0.1, 0.15) is 5.69 Å². The number of nitrogens with two attached hydrogens (primary N) is 1. The van der Waals surface area contributed by atoms with Gasteiger partial charge in [0, 0.05) is 11.1 Å². The van der Waals surface area contributed by atoms with Gasteiger partial charge in [0.2, 0.25) is 0 Å². The van der Waals surface area contributed by atoms with E-state index in [9.17, 15) is 4.39 Å². The van der Waals surface area contributed by atoms with Crippen LogP contribution >= 0.6 is 0 Å². The Bertz CT molecular complexity index is 543. The van der Waals surface area contributed by atoms with E-state index in [0.717, 1.165) is 0 Å². The molecular weight excluding hydrogens is 181 g/mol. The summed E-state index contributed by atoms with van der Waals surface area (Å²) in [6.45, 7) is 0. The number of nitriles is 1. The summed E-state index contributed by atoms with van der Waals surface area (Å²) < 4.78 is 12.9. The number of aromatic nitrogens is 1. The number of nitrogens with zero attached hydrogens (tertiary/aromatic N) is 2. The minimum Gasteiger partial charge on any atom is -0.398 e. The minimum atomic E-state index is -0.365. The van der Waals surface area contributed by atoms with Crippen LogP contribution in [-0.2, 0) is 0 Å². The molecule has 0 amide bonds. The van der Waals surface area contributed by atoms with E-state index in [2.05, 4.69) is 4.98 Å². The maximum atomic E-state index is 12.9. The van der Waals surface area contributed by atoms with Gasteiger partial charge in [0.15, 0.2) is 0 Å². The molecule has 2 aromatic rings. The van der Waals surface area contributed by atoms with Gasteiger partial charge in [0.05, 0.1) is 5.52 Å². The first kappa shape index (κ1) is 8.45. The first-order chi connectivity index (χ1) is 6.70. The SMILES string of the molecule is N#Cc1cc(N)c2cc(F)ccc2n1. The Kier molecular flexibility index (Phi) is 1.79. The average molecular weight is 187 g/mol. The molecule has 0 aliphatic rings. The summed E-state index contributed by atoms with van der Waals surface area (Å²) in [6, 6.07) is 7.42. The van der Waals surface area contributed by atoms with Gasteiger partial charge in [-0.3, -0.25) is 0 Å². The van der Waals surface area contributed by atoms with Gasteiger partial charge in [-0.05, 0) is 24.3 Å². The van der Waals surface area contributed by atoms with Gasteiger partial charge in [-0.1, -0.05) is 0 Å². The van der Waals surface area contributed by atoms with E-state index in [1.807, 2.05) is 6.07 Å². The fraction of sp³-hybridized carbons (Fsp3) is 0. The van der Waals surface area contributed by atoms with Gasteiger partial charge in [-0.2, -0.15) is 5.26 Å². The Morgan fingerprint density at radius 1 is 1.36 bits per heavy atom. The number of benzene rings is 1. The maximum Gasteiger partial charge on any atom is 0.143 e. The van der Waals surface area contributed by atoms with E-state index in [4.69, 9.17) is 11.0 Å². The van der Waals surface area contributed by atoms with Crippen molar-refractivity contribution in [2.75, 3.05) is 5.73 Å². The normalized spacial score (nSPS) is 10.0. The molecule has 0 aliphatic heterocycles. The summed E-state index contributed by atoms with van der Waals surface area (Å²) in [5, 5.41) is 9.17. The van der Waals surface area contributed by atoms with E-state index in [0.29, 0.717) is 16.6 Å². The molecule has 0 aliphatic carbocycles. The number of nitrogen functional groups attached to an aromatic ring is 1. The predicted octanol–water partition coefficient (Wildman–Crippen LogP) is 1.83. The molecule has 1 heterocycles. The Hall–Kier alpha value is -2.15. The molecular formula is C10H6FN3. The van der Waals surface area contributed by atoms with E-state index < -0.39 is 0 Å². The maximum absolute atomic E-state index is 12.9. The highest BCUT2D eigenvalue weighted by Gasteiger charge is 2.03. The van der Waals surface area contributed by atoms with E-state index in [-0.39, 0.29) is 11.5 Å². The average Bonchev–Trinajstić information content (AvgIpc) is 2.19. The second kappa shape index (κ2) is 2.96. The molecule has 0 bridgehead atoms. The lowest BCUT2D eigenvalue weighted by atomic mass is 10.1. The quantitative estimate of drug-likeness (QED) is 0.684. The molecule has 14 heavy (non-hydrogen) atoms. The highest BCUT2D eigenvalue weighted by atomic mass is 19.1. The molecule has 0 fully saturated rings. The number of fused-ring (bicyclic) bond motifs is 1. The lowest BCUT2D eigenvalue weighted by molar-refractivity contribution is 0.629. The third-order valence-electron chi connectivity index (χ3n) is 1.92. The highest BCUT2D eigenvalue weighted by molar-refractivity contribution is 5.90. The molecule has 1 aromatic carbocycles. The van der Waals surface area contributed by atoms with Crippen LogP contribution in [0.5, 0.6) is 0 Å². The van der Waals surface area contributed by atoms with Crippen LogP contribution in [0.2, 0.25) is 0 Å². The lowest BCUT2D eigenvalue weighted by Crippen LogP contribution is -1.93. The largest absolute Gasteiger partial charge is 0.398 e. The van der Waals surface area contributed by atoms with Crippen LogP contribution in [-0.4, -0.2) is 4.98 Å². The number of pyridine rings is 1. The van der Waals surface area contributed by atoms with Crippen molar-refractivity contribution in [2.45, 2.75) is 0 Å². The minimum absolute atomic E-state index is 0.238. The zero-order chi connectivity index (χ0) is 10.1. The second-order valence-corrected chi connectivity index (χ2v) is 2.87. The van der Waals surface area contributed by atoms with E-state index in [1.54, 1.807) is 0 Å². The smallest absolute Gasteiger partial charge is 0.143 e. The molecule has 4 heteroatoms. The lowest BCUT2D eigenvalue weighted by Gasteiger charge is -2.01. The Balaban J connectivity index is 2.84. The topological polar surface area (TPSA) is 62.7 Å². The molecule has 1 aromatic heterocycles. The fourth-order valence-corrected chi connectivity index (χ4v) is 1.28. The summed E-state index contributed by atoms with van der Waals surface area (Å²) in [5.74, 6) is -0.365. The van der Waals surface area contributed by atoms with Crippen LogP contribution < -0.4 is 5.73 Å². The second-order valence-electron chi connectivity index (χ2n) is 2.87. The predicted molar refractivity (Wildman–Crippen MR) is 50.8 cm³/mol. The highest BCUT2D eigenvalue weighted by Crippen LogP contribution is 2.20. The van der Waals surface area contributed by atoms with Crippen molar-refractivity contribution in [3.63, 3.8) is 0 Å². The first-order valence-electron chi connectivity index (χ1n) is 3.96. The number of halogens is 1. The van der Waals surface area contributed by atoms with E-state index in [1.165, 1.54) is 24.3 Å². The van der Waals surface area contributed by atoms with Crippen molar-refractivity contribution in [3.05, 3.63) is 35.8 Å². The molecule has 68 valence electrons. The summed E-state index contributed by atoms with van der Waals surface area (Å²) >= 11 is 0. The van der Waals surface area contributed by atoms with Crippen LogP contribution in [0.15, 0.2) is 24.3 Å². The zero-order valence-electron chi connectivity index (χ0n) is 7.16. The van der Waals surface area contributed by atoms with Crippen molar-refractivity contribution in [1.29, 1.82) is 5.26 Å². The number of rotatable bonds is 0. The standard InChI is InChI=1S/C10H6FN3/c11-6-1-2-10-8(3-6)9(13)4-7(5-12)14-10/h1-4H,(H2,13,14). The molecule has 2 rings (SSSR count). The van der Waals surface area contributed by atoms with Crippen LogP contribution in [0.25, 0.3) is 10.9 Å². The summed E-state index contributed by atoms with van der Waals surface area (Å²) in [7, 11) is 0. The summed E-state index contributed by atoms with van der Waals surface area (Å²) in [4.78, 5) is 3.99. The molecule has 0 saturated carbocycles. The number of hydrogen-bond donors (Lipinski definition) is 1. The van der Waals surface area contributed by atoms with Crippen molar-refractivity contribution in [3.8, 4) is 6.07 Å². The third kappa shape index (κ3) is 1.25. The molecule has 0 unspecified atom stereocenters. The van der Waals surface area contributed by atoms with Gasteiger partial charge in [-0.15, -0.1) is 0 Å². The zero-order valence-corrected chi connectivity index (χ0v) is 7.16. The Morgan fingerprint density at radius 2 is 2.14 bits per heavy atom. The molecule has 0 atom stereocenters. The molecule has 0 spiro atoms. The molecule has 3 nitrogen and oxygen atoms in total. The van der Waals surface area contributed by atoms with Crippen molar-refractivity contribution >= 4 is 16.6 Å². The van der Waals surface area contributed by atoms with Crippen molar-refractivity contribution in [2.24, 2.45) is 0 Å². The molecule has 2 N–H and O–H groups in total. The third-order valence-corrected chi connectivity index (χ3v) is 1.92. The summed E-state index contributed by atoms with van der Waals surface area (Å²) in [6.07, 6.45) is 0. The van der Waals surface area contributed by atoms with Gasteiger partial charge < -0.3 is 5.73 Å². The van der Waals surface area contributed by atoms with Crippen LogP contribution in [0, 0.1) is 17.1 Å². The van der Waals surface area contributed by atoms with Crippen LogP contribution in [0.3, 0.4) is 0 Å². The number of anilines is 1. The molecule has 0 saturated heterocycles. The Morgan fingerprint density at radius 3 is 2.86 bits per heavy atom. The fourth-order valence-electron chi connectivity index (χ4n) is 1.28. The van der Waals surface area contributed by atoms with Gasteiger partial charge in [-0.25, -0.2) is 9.37 Å².